The molecule has 0 saturated carbocycles. The number of nitrogens with zero attached hydrogens (tertiary/aromatic N) is 1. The molecule has 0 radical (unpaired) electrons. The van der Waals surface area contributed by atoms with Crippen LogP contribution in [0, 0.1) is 0 Å². The summed E-state index contributed by atoms with van der Waals surface area (Å²) >= 11 is 3.34. The Morgan fingerprint density at radius 3 is 3.00 bits per heavy atom. The molecule has 2 N–H and O–H groups in total. The Hall–Kier alpha value is -0.610. The first-order valence-corrected chi connectivity index (χ1v) is 4.45. The van der Waals surface area contributed by atoms with Crippen LogP contribution in [0.5, 0.6) is 5.88 Å². The van der Waals surface area contributed by atoms with Gasteiger partial charge in [0.1, 0.15) is 0 Å². The van der Waals surface area contributed by atoms with Crippen LogP contribution in [0.2, 0.25) is 0 Å². The Balaban J connectivity index is 2.95. The van der Waals surface area contributed by atoms with Crippen LogP contribution in [-0.4, -0.2) is 18.6 Å². The molecule has 0 atom stereocenters. The van der Waals surface area contributed by atoms with Gasteiger partial charge in [0.2, 0.25) is 5.88 Å². The van der Waals surface area contributed by atoms with E-state index in [9.17, 15) is 0 Å². The van der Waals surface area contributed by atoms with Gasteiger partial charge < -0.3 is 10.5 Å². The van der Waals surface area contributed by atoms with E-state index in [-0.39, 0.29) is 0 Å². The average Bonchev–Trinajstić information content (AvgIpc) is 2.05. The van der Waals surface area contributed by atoms with Crippen LogP contribution < -0.4 is 10.5 Å². The molecule has 0 aliphatic carbocycles. The maximum absolute atomic E-state index is 5.44. The smallest absolute Gasteiger partial charge is 0.216 e. The number of aromatic nitrogens is 1. The summed E-state index contributed by atoms with van der Waals surface area (Å²) < 4.78 is 6.02. The third-order valence-corrected chi connectivity index (χ3v) is 1.93. The van der Waals surface area contributed by atoms with Crippen molar-refractivity contribution in [3.05, 3.63) is 22.3 Å². The fourth-order valence-corrected chi connectivity index (χ4v) is 1.37. The quantitative estimate of drug-likeness (QED) is 0.854. The van der Waals surface area contributed by atoms with E-state index in [1.165, 1.54) is 0 Å². The number of pyridine rings is 1. The highest BCUT2D eigenvalue weighted by atomic mass is 79.9. The minimum absolute atomic E-state index is 0.606. The summed E-state index contributed by atoms with van der Waals surface area (Å²) in [5.41, 5.74) is 6.47. The van der Waals surface area contributed by atoms with Gasteiger partial charge in [0.25, 0.3) is 0 Å². The van der Waals surface area contributed by atoms with E-state index in [1.807, 2.05) is 6.07 Å². The van der Waals surface area contributed by atoms with Crippen molar-refractivity contribution >= 4 is 15.9 Å². The number of nitrogens with two attached hydrogens (primary N) is 1. The molecule has 0 saturated heterocycles. The summed E-state index contributed by atoms with van der Waals surface area (Å²) in [7, 11) is 1.61. The lowest BCUT2D eigenvalue weighted by atomic mass is 10.2. The Morgan fingerprint density at radius 1 is 1.67 bits per heavy atom. The molecule has 4 heteroatoms. The van der Waals surface area contributed by atoms with Gasteiger partial charge in [-0.2, -0.15) is 0 Å². The van der Waals surface area contributed by atoms with Crippen LogP contribution >= 0.6 is 15.9 Å². The predicted octanol–water partition coefficient (Wildman–Crippen LogP) is 1.35. The summed E-state index contributed by atoms with van der Waals surface area (Å²) in [4.78, 5) is 4.09. The standard InChI is InChI=1S/C8H11BrN2O/c1-12-8-6(2-3-10)4-7(9)5-11-8/h4-5H,2-3,10H2,1H3. The molecule has 0 aromatic carbocycles. The fourth-order valence-electron chi connectivity index (χ4n) is 0.987. The lowest BCUT2D eigenvalue weighted by Gasteiger charge is -2.05. The van der Waals surface area contributed by atoms with Gasteiger partial charge in [-0.1, -0.05) is 0 Å². The van der Waals surface area contributed by atoms with Crippen molar-refractivity contribution in [1.82, 2.24) is 4.98 Å². The molecule has 1 aromatic rings. The van der Waals surface area contributed by atoms with Crippen molar-refractivity contribution in [1.29, 1.82) is 0 Å². The molecule has 1 heterocycles. The van der Waals surface area contributed by atoms with E-state index in [4.69, 9.17) is 10.5 Å². The van der Waals surface area contributed by atoms with Gasteiger partial charge in [0.05, 0.1) is 7.11 Å². The first kappa shape index (κ1) is 9.48. The Labute approximate surface area is 80.1 Å². The lowest BCUT2D eigenvalue weighted by Crippen LogP contribution is -2.05. The van der Waals surface area contributed by atoms with Crippen molar-refractivity contribution in [2.75, 3.05) is 13.7 Å². The van der Waals surface area contributed by atoms with E-state index in [2.05, 4.69) is 20.9 Å². The maximum atomic E-state index is 5.44. The summed E-state index contributed by atoms with van der Waals surface area (Å²) in [6.07, 6.45) is 2.49. The lowest BCUT2D eigenvalue weighted by molar-refractivity contribution is 0.392. The number of rotatable bonds is 3. The minimum atomic E-state index is 0.606. The molecule has 0 aliphatic rings. The molecule has 1 rings (SSSR count). The van der Waals surface area contributed by atoms with Gasteiger partial charge in [-0.3, -0.25) is 0 Å². The van der Waals surface area contributed by atoms with Gasteiger partial charge in [-0.15, -0.1) is 0 Å². The highest BCUT2D eigenvalue weighted by Gasteiger charge is 2.03. The van der Waals surface area contributed by atoms with Crippen LogP contribution in [0.4, 0.5) is 0 Å². The van der Waals surface area contributed by atoms with Crippen LogP contribution in [0.15, 0.2) is 16.7 Å². The van der Waals surface area contributed by atoms with Crippen molar-refractivity contribution in [3.8, 4) is 5.88 Å². The average molecular weight is 231 g/mol. The van der Waals surface area contributed by atoms with E-state index >= 15 is 0 Å². The Bertz CT molecular complexity index is 265. The fraction of sp³-hybridized carbons (Fsp3) is 0.375. The molecular weight excluding hydrogens is 220 g/mol. The van der Waals surface area contributed by atoms with E-state index in [1.54, 1.807) is 13.3 Å². The van der Waals surface area contributed by atoms with E-state index in [0.717, 1.165) is 16.5 Å². The van der Waals surface area contributed by atoms with Crippen LogP contribution in [0.3, 0.4) is 0 Å². The topological polar surface area (TPSA) is 48.1 Å². The molecule has 3 nitrogen and oxygen atoms in total. The summed E-state index contributed by atoms with van der Waals surface area (Å²) in [5.74, 6) is 0.656. The molecular formula is C8H11BrN2O. The zero-order valence-electron chi connectivity index (χ0n) is 6.88. The largest absolute Gasteiger partial charge is 0.481 e. The predicted molar refractivity (Wildman–Crippen MR) is 51.2 cm³/mol. The molecule has 0 aliphatic heterocycles. The molecule has 66 valence electrons. The van der Waals surface area contributed by atoms with Gasteiger partial charge >= 0.3 is 0 Å². The number of hydrogen-bond donors (Lipinski definition) is 1. The van der Waals surface area contributed by atoms with Crippen molar-refractivity contribution in [3.63, 3.8) is 0 Å². The molecule has 0 fully saturated rings. The normalized spacial score (nSPS) is 9.92. The van der Waals surface area contributed by atoms with E-state index < -0.39 is 0 Å². The van der Waals surface area contributed by atoms with Crippen molar-refractivity contribution in [2.24, 2.45) is 5.73 Å². The third kappa shape index (κ3) is 2.19. The minimum Gasteiger partial charge on any atom is -0.481 e. The number of ether oxygens (including phenoxy) is 1. The number of methoxy groups -OCH3 is 1. The highest BCUT2D eigenvalue weighted by Crippen LogP contribution is 2.19. The van der Waals surface area contributed by atoms with Crippen LogP contribution in [-0.2, 0) is 6.42 Å². The maximum Gasteiger partial charge on any atom is 0.216 e. The van der Waals surface area contributed by atoms with E-state index in [0.29, 0.717) is 12.4 Å². The molecule has 12 heavy (non-hydrogen) atoms. The second-order valence-corrected chi connectivity index (χ2v) is 3.28. The van der Waals surface area contributed by atoms with Gasteiger partial charge in [-0.05, 0) is 35.0 Å². The Kier molecular flexibility index (Phi) is 3.49. The van der Waals surface area contributed by atoms with Gasteiger partial charge in [0.15, 0.2) is 0 Å². The van der Waals surface area contributed by atoms with Crippen molar-refractivity contribution in [2.45, 2.75) is 6.42 Å². The second kappa shape index (κ2) is 4.42. The summed E-state index contributed by atoms with van der Waals surface area (Å²) in [5, 5.41) is 0. The monoisotopic (exact) mass is 230 g/mol. The van der Waals surface area contributed by atoms with Crippen LogP contribution in [0.1, 0.15) is 5.56 Å². The number of hydrogen-bond acceptors (Lipinski definition) is 3. The zero-order valence-corrected chi connectivity index (χ0v) is 8.47. The molecule has 0 unspecified atom stereocenters. The van der Waals surface area contributed by atoms with Crippen molar-refractivity contribution < 1.29 is 4.74 Å². The highest BCUT2D eigenvalue weighted by molar-refractivity contribution is 9.10. The molecule has 1 aromatic heterocycles. The summed E-state index contributed by atoms with van der Waals surface area (Å²) in [6, 6.07) is 1.97. The van der Waals surface area contributed by atoms with Gasteiger partial charge in [0, 0.05) is 16.2 Å². The summed E-state index contributed by atoms with van der Waals surface area (Å²) in [6.45, 7) is 0.606. The Morgan fingerprint density at radius 2 is 2.42 bits per heavy atom. The molecule has 0 bridgehead atoms. The molecule has 0 spiro atoms. The first-order chi connectivity index (χ1) is 5.77. The van der Waals surface area contributed by atoms with Crippen LogP contribution in [0.25, 0.3) is 0 Å². The van der Waals surface area contributed by atoms with Gasteiger partial charge in [-0.25, -0.2) is 4.98 Å². The third-order valence-electron chi connectivity index (χ3n) is 1.50. The zero-order chi connectivity index (χ0) is 8.97. The SMILES string of the molecule is COc1ncc(Br)cc1CCN. The number of halogens is 1. The molecule has 0 amide bonds. The second-order valence-electron chi connectivity index (χ2n) is 2.36. The first-order valence-electron chi connectivity index (χ1n) is 3.66.